The molecule has 20 heavy (non-hydrogen) atoms. The number of carbonyl (C=O) groups excluding carboxylic acids is 1. The fourth-order valence-corrected chi connectivity index (χ4v) is 1.55. The Morgan fingerprint density at radius 2 is 2.10 bits per heavy atom. The third kappa shape index (κ3) is 5.52. The number of anilines is 1. The number of aryl methyl sites for hydroxylation is 1. The van der Waals surface area contributed by atoms with Crippen LogP contribution in [-0.4, -0.2) is 36.5 Å². The summed E-state index contributed by atoms with van der Waals surface area (Å²) in [5.41, 5.74) is 6.34. The van der Waals surface area contributed by atoms with Crippen molar-refractivity contribution in [3.63, 3.8) is 0 Å². The molecular formula is C12H17F3N2O3. The highest BCUT2D eigenvalue weighted by Crippen LogP contribution is 2.14. The van der Waals surface area contributed by atoms with Gasteiger partial charge in [-0.3, -0.25) is 0 Å². The van der Waals surface area contributed by atoms with Gasteiger partial charge in [0.25, 0.3) is 0 Å². The summed E-state index contributed by atoms with van der Waals surface area (Å²) < 4.78 is 46.3. The van der Waals surface area contributed by atoms with E-state index in [1.165, 1.54) is 6.07 Å². The van der Waals surface area contributed by atoms with Gasteiger partial charge in [0.05, 0.1) is 18.9 Å². The molecule has 0 atom stereocenters. The van der Waals surface area contributed by atoms with E-state index in [4.69, 9.17) is 10.5 Å². The van der Waals surface area contributed by atoms with E-state index in [2.05, 4.69) is 4.74 Å². The second-order valence-electron chi connectivity index (χ2n) is 4.10. The van der Waals surface area contributed by atoms with E-state index in [-0.39, 0.29) is 19.6 Å². The summed E-state index contributed by atoms with van der Waals surface area (Å²) in [6, 6.07) is 1.49. The molecule has 0 bridgehead atoms. The Labute approximate surface area is 114 Å². The van der Waals surface area contributed by atoms with Crippen LogP contribution < -0.4 is 5.73 Å². The van der Waals surface area contributed by atoms with E-state index >= 15 is 0 Å². The average Bonchev–Trinajstić information content (AvgIpc) is 2.73. The number of alkyl halides is 3. The molecule has 0 radical (unpaired) electrons. The lowest BCUT2D eigenvalue weighted by Crippen LogP contribution is -2.18. The standard InChI is InChI=1S/C12H17F3N2O3/c1-2-17-7-9(16)6-10(17)11(18)20-5-3-4-19-8-12(13,14)15/h6-7H,2-5,8,16H2,1H3. The Kier molecular flexibility index (Phi) is 5.87. The van der Waals surface area contributed by atoms with Crippen molar-refractivity contribution in [1.82, 2.24) is 4.57 Å². The summed E-state index contributed by atoms with van der Waals surface area (Å²) >= 11 is 0. The molecule has 2 N–H and O–H groups in total. The maximum absolute atomic E-state index is 11.8. The number of nitrogens with two attached hydrogens (primary N) is 1. The van der Waals surface area contributed by atoms with E-state index in [9.17, 15) is 18.0 Å². The number of nitrogens with zero attached hydrogens (tertiary/aromatic N) is 1. The van der Waals surface area contributed by atoms with Gasteiger partial charge in [0, 0.05) is 19.2 Å². The number of hydrogen-bond donors (Lipinski definition) is 1. The first-order valence-corrected chi connectivity index (χ1v) is 6.10. The highest BCUT2D eigenvalue weighted by atomic mass is 19.4. The van der Waals surface area contributed by atoms with E-state index in [1.54, 1.807) is 10.8 Å². The molecule has 1 heterocycles. The number of esters is 1. The van der Waals surface area contributed by atoms with Crippen molar-refractivity contribution < 1.29 is 27.4 Å². The molecule has 0 unspecified atom stereocenters. The van der Waals surface area contributed by atoms with Gasteiger partial charge in [-0.2, -0.15) is 13.2 Å². The van der Waals surface area contributed by atoms with Gasteiger partial charge in [-0.1, -0.05) is 0 Å². The van der Waals surface area contributed by atoms with E-state index in [0.29, 0.717) is 17.9 Å². The minimum atomic E-state index is -4.34. The zero-order valence-electron chi connectivity index (χ0n) is 11.1. The number of rotatable bonds is 7. The number of halogens is 3. The molecule has 0 aromatic carbocycles. The van der Waals surface area contributed by atoms with Crippen molar-refractivity contribution in [2.45, 2.75) is 26.1 Å². The highest BCUT2D eigenvalue weighted by molar-refractivity contribution is 5.89. The van der Waals surface area contributed by atoms with Crippen molar-refractivity contribution in [3.05, 3.63) is 18.0 Å². The third-order valence-corrected chi connectivity index (χ3v) is 2.40. The molecule has 5 nitrogen and oxygen atoms in total. The van der Waals surface area contributed by atoms with Gasteiger partial charge in [-0.05, 0) is 13.0 Å². The number of aromatic nitrogens is 1. The van der Waals surface area contributed by atoms with Crippen LogP contribution in [0.4, 0.5) is 18.9 Å². The van der Waals surface area contributed by atoms with Crippen LogP contribution in [0.25, 0.3) is 0 Å². The molecule has 0 aliphatic heterocycles. The van der Waals surface area contributed by atoms with Gasteiger partial charge < -0.3 is 19.8 Å². The van der Waals surface area contributed by atoms with Crippen molar-refractivity contribution in [2.75, 3.05) is 25.6 Å². The molecule has 0 amide bonds. The van der Waals surface area contributed by atoms with Crippen LogP contribution in [0.2, 0.25) is 0 Å². The lowest BCUT2D eigenvalue weighted by molar-refractivity contribution is -0.174. The highest BCUT2D eigenvalue weighted by Gasteiger charge is 2.27. The molecule has 0 spiro atoms. The molecule has 1 rings (SSSR count). The Morgan fingerprint density at radius 3 is 2.70 bits per heavy atom. The second kappa shape index (κ2) is 7.18. The van der Waals surface area contributed by atoms with Crippen LogP contribution >= 0.6 is 0 Å². The van der Waals surface area contributed by atoms with Gasteiger partial charge >= 0.3 is 12.1 Å². The van der Waals surface area contributed by atoms with Crippen molar-refractivity contribution >= 4 is 11.7 Å². The summed E-state index contributed by atoms with van der Waals surface area (Å²) in [7, 11) is 0. The minimum absolute atomic E-state index is 0.00844. The van der Waals surface area contributed by atoms with Gasteiger partial charge in [0.2, 0.25) is 0 Å². The summed E-state index contributed by atoms with van der Waals surface area (Å²) in [6.07, 6.45) is -2.52. The second-order valence-corrected chi connectivity index (χ2v) is 4.10. The summed E-state index contributed by atoms with van der Waals surface area (Å²) in [5, 5.41) is 0. The van der Waals surface area contributed by atoms with Crippen LogP contribution in [0, 0.1) is 0 Å². The van der Waals surface area contributed by atoms with Crippen LogP contribution in [0.3, 0.4) is 0 Å². The van der Waals surface area contributed by atoms with Crippen LogP contribution in [0.5, 0.6) is 0 Å². The monoisotopic (exact) mass is 294 g/mol. The molecule has 0 aliphatic carbocycles. The van der Waals surface area contributed by atoms with Gasteiger partial charge in [0.1, 0.15) is 12.3 Å². The fourth-order valence-electron chi connectivity index (χ4n) is 1.55. The fraction of sp³-hybridized carbons (Fsp3) is 0.583. The average molecular weight is 294 g/mol. The maximum atomic E-state index is 11.8. The zero-order valence-corrected chi connectivity index (χ0v) is 11.1. The van der Waals surface area contributed by atoms with Crippen LogP contribution in [-0.2, 0) is 16.0 Å². The van der Waals surface area contributed by atoms with Gasteiger partial charge in [-0.15, -0.1) is 0 Å². The maximum Gasteiger partial charge on any atom is 0.411 e. The van der Waals surface area contributed by atoms with Crippen molar-refractivity contribution in [1.29, 1.82) is 0 Å². The predicted octanol–water partition coefficient (Wildman–Crippen LogP) is 2.22. The Balaban J connectivity index is 2.26. The predicted molar refractivity (Wildman–Crippen MR) is 66.3 cm³/mol. The quantitative estimate of drug-likeness (QED) is 0.618. The van der Waals surface area contributed by atoms with Crippen molar-refractivity contribution in [3.8, 4) is 0 Å². The van der Waals surface area contributed by atoms with E-state index in [1.807, 2.05) is 6.92 Å². The van der Waals surface area contributed by atoms with Gasteiger partial charge in [0.15, 0.2) is 0 Å². The molecule has 0 fully saturated rings. The molecule has 8 heteroatoms. The Morgan fingerprint density at radius 1 is 1.40 bits per heavy atom. The summed E-state index contributed by atoms with van der Waals surface area (Å²) in [4.78, 5) is 11.7. The molecule has 1 aromatic heterocycles. The first-order chi connectivity index (χ1) is 9.33. The molecule has 0 aliphatic rings. The minimum Gasteiger partial charge on any atom is -0.461 e. The number of hydrogen-bond acceptors (Lipinski definition) is 4. The largest absolute Gasteiger partial charge is 0.461 e. The smallest absolute Gasteiger partial charge is 0.411 e. The molecule has 0 saturated carbocycles. The topological polar surface area (TPSA) is 66.5 Å². The van der Waals surface area contributed by atoms with E-state index in [0.717, 1.165) is 0 Å². The van der Waals surface area contributed by atoms with Crippen LogP contribution in [0.1, 0.15) is 23.8 Å². The first kappa shape index (κ1) is 16.4. The number of nitrogen functional groups attached to an aromatic ring is 1. The molecule has 1 aromatic rings. The lowest BCUT2D eigenvalue weighted by Gasteiger charge is -2.08. The van der Waals surface area contributed by atoms with Gasteiger partial charge in [-0.25, -0.2) is 4.79 Å². The molecular weight excluding hydrogens is 277 g/mol. The first-order valence-electron chi connectivity index (χ1n) is 6.10. The van der Waals surface area contributed by atoms with Crippen LogP contribution in [0.15, 0.2) is 12.3 Å². The van der Waals surface area contributed by atoms with E-state index < -0.39 is 18.8 Å². The number of carbonyl (C=O) groups is 1. The van der Waals surface area contributed by atoms with Crippen molar-refractivity contribution in [2.24, 2.45) is 0 Å². The molecule has 0 saturated heterocycles. The lowest BCUT2D eigenvalue weighted by atomic mass is 10.4. The Hall–Kier alpha value is -1.70. The zero-order chi connectivity index (χ0) is 15.2. The number of ether oxygens (including phenoxy) is 2. The molecule has 114 valence electrons. The SMILES string of the molecule is CCn1cc(N)cc1C(=O)OCCCOCC(F)(F)F. The summed E-state index contributed by atoms with van der Waals surface area (Å²) in [5.74, 6) is -0.556. The summed E-state index contributed by atoms with van der Waals surface area (Å²) in [6.45, 7) is 0.989. The third-order valence-electron chi connectivity index (χ3n) is 2.40. The Bertz CT molecular complexity index is 444. The normalized spacial score (nSPS) is 11.6.